The Kier molecular flexibility index (Phi) is 3.35. The number of ether oxygens (including phenoxy) is 2. The largest absolute Gasteiger partial charge is 0.495 e. The van der Waals surface area contributed by atoms with Gasteiger partial charge >= 0.3 is 0 Å². The van der Waals surface area contributed by atoms with Gasteiger partial charge in [-0.25, -0.2) is 13.1 Å². The van der Waals surface area contributed by atoms with E-state index in [0.29, 0.717) is 5.69 Å². The van der Waals surface area contributed by atoms with E-state index >= 15 is 0 Å². The molecule has 1 aromatic carbocycles. The van der Waals surface area contributed by atoms with Crippen molar-refractivity contribution in [2.45, 2.75) is 42.4 Å². The van der Waals surface area contributed by atoms with Gasteiger partial charge in [0.05, 0.1) is 25.4 Å². The van der Waals surface area contributed by atoms with Crippen molar-refractivity contribution in [2.24, 2.45) is 0 Å². The van der Waals surface area contributed by atoms with Crippen molar-refractivity contribution in [3.05, 3.63) is 18.2 Å². The molecular weight excluding hydrogens is 280 g/mol. The van der Waals surface area contributed by atoms with E-state index in [1.807, 2.05) is 0 Å². The van der Waals surface area contributed by atoms with E-state index < -0.39 is 10.0 Å². The molecule has 3 rings (SSSR count). The van der Waals surface area contributed by atoms with Crippen LogP contribution in [0, 0.1) is 0 Å². The SMILES string of the molecule is COc1ccc(N)cc1S(=O)(=O)NC1CC2CCC1O2. The van der Waals surface area contributed by atoms with Gasteiger partial charge < -0.3 is 15.2 Å². The van der Waals surface area contributed by atoms with Crippen LogP contribution in [0.5, 0.6) is 5.75 Å². The van der Waals surface area contributed by atoms with Crippen molar-refractivity contribution in [1.29, 1.82) is 0 Å². The molecule has 0 spiro atoms. The molecule has 3 atom stereocenters. The highest BCUT2D eigenvalue weighted by atomic mass is 32.2. The summed E-state index contributed by atoms with van der Waals surface area (Å²) in [4.78, 5) is 0.0720. The van der Waals surface area contributed by atoms with Crippen molar-refractivity contribution < 1.29 is 17.9 Å². The first kappa shape index (κ1) is 13.7. The van der Waals surface area contributed by atoms with Gasteiger partial charge in [-0.15, -0.1) is 0 Å². The number of rotatable bonds is 4. The molecule has 110 valence electrons. The molecule has 6 nitrogen and oxygen atoms in total. The van der Waals surface area contributed by atoms with Gasteiger partial charge in [-0.05, 0) is 37.5 Å². The Bertz CT molecular complexity index is 617. The van der Waals surface area contributed by atoms with Gasteiger partial charge in [0.2, 0.25) is 10.0 Å². The van der Waals surface area contributed by atoms with Crippen LogP contribution in [0.15, 0.2) is 23.1 Å². The average Bonchev–Trinajstić information content (AvgIpc) is 3.00. The lowest BCUT2D eigenvalue weighted by Gasteiger charge is -2.20. The van der Waals surface area contributed by atoms with Crippen molar-refractivity contribution in [3.8, 4) is 5.75 Å². The minimum Gasteiger partial charge on any atom is -0.495 e. The van der Waals surface area contributed by atoms with E-state index in [4.69, 9.17) is 15.2 Å². The van der Waals surface area contributed by atoms with E-state index in [-0.39, 0.29) is 28.9 Å². The molecule has 0 aromatic heterocycles. The summed E-state index contributed by atoms with van der Waals surface area (Å²) in [5, 5.41) is 0. The van der Waals surface area contributed by atoms with Gasteiger partial charge in [0.25, 0.3) is 0 Å². The van der Waals surface area contributed by atoms with Crippen LogP contribution in [0.4, 0.5) is 5.69 Å². The summed E-state index contributed by atoms with van der Waals surface area (Å²) in [5.74, 6) is 0.288. The molecule has 2 fully saturated rings. The van der Waals surface area contributed by atoms with Crippen molar-refractivity contribution in [2.75, 3.05) is 12.8 Å². The van der Waals surface area contributed by atoms with Crippen molar-refractivity contribution in [3.63, 3.8) is 0 Å². The average molecular weight is 298 g/mol. The summed E-state index contributed by atoms with van der Waals surface area (Å²) in [6.07, 6.45) is 2.84. The fraction of sp³-hybridized carbons (Fsp3) is 0.538. The van der Waals surface area contributed by atoms with E-state index in [1.54, 1.807) is 12.1 Å². The van der Waals surface area contributed by atoms with Crippen LogP contribution < -0.4 is 15.2 Å². The zero-order chi connectivity index (χ0) is 14.3. The number of sulfonamides is 1. The fourth-order valence-corrected chi connectivity index (χ4v) is 4.41. The first-order valence-electron chi connectivity index (χ1n) is 6.61. The summed E-state index contributed by atoms with van der Waals surface area (Å²) in [6, 6.07) is 4.42. The minimum atomic E-state index is -3.67. The summed E-state index contributed by atoms with van der Waals surface area (Å²) in [6.45, 7) is 0. The lowest BCUT2D eigenvalue weighted by molar-refractivity contribution is 0.0996. The minimum absolute atomic E-state index is 0.0122. The number of methoxy groups -OCH3 is 1. The van der Waals surface area contributed by atoms with Gasteiger partial charge in [-0.1, -0.05) is 0 Å². The number of nitrogen functional groups attached to an aromatic ring is 1. The van der Waals surface area contributed by atoms with E-state index in [1.165, 1.54) is 13.2 Å². The predicted molar refractivity (Wildman–Crippen MR) is 74.0 cm³/mol. The maximum absolute atomic E-state index is 12.5. The molecule has 2 bridgehead atoms. The van der Waals surface area contributed by atoms with Gasteiger partial charge in [-0.3, -0.25) is 0 Å². The zero-order valence-electron chi connectivity index (χ0n) is 11.2. The molecule has 2 aliphatic rings. The Balaban J connectivity index is 1.86. The molecule has 0 saturated carbocycles. The van der Waals surface area contributed by atoms with Crippen LogP contribution in [0.3, 0.4) is 0 Å². The molecule has 0 amide bonds. The smallest absolute Gasteiger partial charge is 0.244 e. The topological polar surface area (TPSA) is 90.7 Å². The quantitative estimate of drug-likeness (QED) is 0.805. The highest BCUT2D eigenvalue weighted by Crippen LogP contribution is 2.35. The van der Waals surface area contributed by atoms with Gasteiger partial charge in [0.15, 0.2) is 0 Å². The number of benzene rings is 1. The third kappa shape index (κ3) is 2.36. The maximum Gasteiger partial charge on any atom is 0.244 e. The first-order chi connectivity index (χ1) is 9.49. The molecule has 7 heteroatoms. The summed E-state index contributed by atoms with van der Waals surface area (Å²) in [7, 11) is -2.23. The van der Waals surface area contributed by atoms with Gasteiger partial charge in [0, 0.05) is 5.69 Å². The van der Waals surface area contributed by atoms with Crippen LogP contribution >= 0.6 is 0 Å². The fourth-order valence-electron chi connectivity index (χ4n) is 2.93. The second-order valence-electron chi connectivity index (χ2n) is 5.25. The van der Waals surface area contributed by atoms with E-state index in [2.05, 4.69) is 4.72 Å². The van der Waals surface area contributed by atoms with Crippen LogP contribution in [-0.2, 0) is 14.8 Å². The lowest BCUT2D eigenvalue weighted by atomic mass is 9.96. The van der Waals surface area contributed by atoms with E-state index in [9.17, 15) is 8.42 Å². The predicted octanol–water partition coefficient (Wildman–Crippen LogP) is 0.876. The van der Waals surface area contributed by atoms with Crippen molar-refractivity contribution >= 4 is 15.7 Å². The second-order valence-corrected chi connectivity index (χ2v) is 6.93. The van der Waals surface area contributed by atoms with Crippen LogP contribution in [0.25, 0.3) is 0 Å². The Morgan fingerprint density at radius 3 is 2.80 bits per heavy atom. The standard InChI is InChI=1S/C13H18N2O4S/c1-18-12-4-2-8(14)6-13(12)20(16,17)15-10-7-9-3-5-11(10)19-9/h2,4,6,9-11,15H,3,5,7,14H2,1H3. The van der Waals surface area contributed by atoms with Crippen molar-refractivity contribution in [1.82, 2.24) is 4.72 Å². The number of hydrogen-bond donors (Lipinski definition) is 2. The third-order valence-corrected chi connectivity index (χ3v) is 5.40. The second kappa shape index (κ2) is 4.91. The normalized spacial score (nSPS) is 28.8. The van der Waals surface area contributed by atoms with E-state index in [0.717, 1.165) is 19.3 Å². The number of nitrogens with two attached hydrogens (primary N) is 1. The molecular formula is C13H18N2O4S. The summed E-state index contributed by atoms with van der Waals surface area (Å²) in [5.41, 5.74) is 6.06. The number of hydrogen-bond acceptors (Lipinski definition) is 5. The first-order valence-corrected chi connectivity index (χ1v) is 8.09. The number of fused-ring (bicyclic) bond motifs is 2. The van der Waals surface area contributed by atoms with Gasteiger partial charge in [-0.2, -0.15) is 0 Å². The monoisotopic (exact) mass is 298 g/mol. The molecule has 2 heterocycles. The van der Waals surface area contributed by atoms with Crippen LogP contribution in [-0.4, -0.2) is 33.8 Å². The molecule has 3 N–H and O–H groups in total. The Morgan fingerprint density at radius 1 is 1.40 bits per heavy atom. The highest BCUT2D eigenvalue weighted by Gasteiger charge is 2.42. The zero-order valence-corrected chi connectivity index (χ0v) is 12.0. The number of nitrogens with one attached hydrogen (secondary N) is 1. The molecule has 3 unspecified atom stereocenters. The highest BCUT2D eigenvalue weighted by molar-refractivity contribution is 7.89. The summed E-state index contributed by atoms with van der Waals surface area (Å²) >= 11 is 0. The molecule has 20 heavy (non-hydrogen) atoms. The molecule has 2 aliphatic heterocycles. The molecule has 2 saturated heterocycles. The molecule has 1 aromatic rings. The summed E-state index contributed by atoms with van der Waals surface area (Å²) < 4.78 is 38.5. The van der Waals surface area contributed by atoms with Crippen LogP contribution in [0.1, 0.15) is 19.3 Å². The van der Waals surface area contributed by atoms with Crippen LogP contribution in [0.2, 0.25) is 0 Å². The Labute approximate surface area is 118 Å². The lowest BCUT2D eigenvalue weighted by Crippen LogP contribution is -2.41. The molecule has 0 aliphatic carbocycles. The maximum atomic E-state index is 12.5. The third-order valence-electron chi connectivity index (χ3n) is 3.89. The Hall–Kier alpha value is -1.31. The Morgan fingerprint density at radius 2 is 2.20 bits per heavy atom. The molecule has 0 radical (unpaired) electrons. The van der Waals surface area contributed by atoms with Gasteiger partial charge in [0.1, 0.15) is 10.6 Å². The number of anilines is 1.